The summed E-state index contributed by atoms with van der Waals surface area (Å²) in [5, 5.41) is 9.35. The van der Waals surface area contributed by atoms with Gasteiger partial charge in [0.05, 0.1) is 13.2 Å². The van der Waals surface area contributed by atoms with Gasteiger partial charge < -0.3 is 25.4 Å². The van der Waals surface area contributed by atoms with Crippen molar-refractivity contribution in [2.45, 2.75) is 52.5 Å². The van der Waals surface area contributed by atoms with E-state index < -0.39 is 0 Å². The van der Waals surface area contributed by atoms with Gasteiger partial charge >= 0.3 is 0 Å². The van der Waals surface area contributed by atoms with E-state index in [0.29, 0.717) is 25.4 Å². The van der Waals surface area contributed by atoms with E-state index in [1.54, 1.807) is 0 Å². The molecular formula is C18H36N4O3. The highest BCUT2D eigenvalue weighted by atomic mass is 16.5. The van der Waals surface area contributed by atoms with Crippen LogP contribution in [0.5, 0.6) is 0 Å². The molecule has 1 rings (SSSR count). The number of aliphatic imine (C=N–C) groups is 1. The van der Waals surface area contributed by atoms with Crippen LogP contribution < -0.4 is 16.0 Å². The molecule has 0 aliphatic carbocycles. The maximum Gasteiger partial charge on any atom is 0.221 e. The average molecular weight is 357 g/mol. The van der Waals surface area contributed by atoms with Crippen LogP contribution in [0.1, 0.15) is 46.5 Å². The maximum atomic E-state index is 11.8. The van der Waals surface area contributed by atoms with Gasteiger partial charge in [-0.05, 0) is 33.1 Å². The fourth-order valence-corrected chi connectivity index (χ4v) is 2.41. The molecule has 0 spiro atoms. The molecule has 0 aromatic heterocycles. The minimum atomic E-state index is 0.0713. The van der Waals surface area contributed by atoms with Gasteiger partial charge in [-0.3, -0.25) is 9.79 Å². The third-order valence-electron chi connectivity index (χ3n) is 4.10. The lowest BCUT2D eigenvalue weighted by molar-refractivity contribution is -0.121. The van der Waals surface area contributed by atoms with Gasteiger partial charge in [-0.2, -0.15) is 0 Å². The number of rotatable bonds is 12. The van der Waals surface area contributed by atoms with Crippen molar-refractivity contribution in [1.82, 2.24) is 16.0 Å². The Balaban J connectivity index is 2.12. The lowest BCUT2D eigenvalue weighted by atomic mass is 10.1. The third kappa shape index (κ3) is 11.0. The summed E-state index contributed by atoms with van der Waals surface area (Å²) in [4.78, 5) is 16.3. The number of hydrogen-bond donors (Lipinski definition) is 3. The smallest absolute Gasteiger partial charge is 0.221 e. The number of nitrogens with zero attached hydrogens (tertiary/aromatic N) is 1. The molecule has 0 bridgehead atoms. The molecule has 1 heterocycles. The van der Waals surface area contributed by atoms with E-state index in [4.69, 9.17) is 9.47 Å². The minimum Gasteiger partial charge on any atom is -0.381 e. The molecule has 1 aliphatic rings. The van der Waals surface area contributed by atoms with Crippen molar-refractivity contribution in [3.63, 3.8) is 0 Å². The summed E-state index contributed by atoms with van der Waals surface area (Å²) in [5.74, 6) is 1.38. The van der Waals surface area contributed by atoms with E-state index >= 15 is 0 Å². The van der Waals surface area contributed by atoms with Crippen LogP contribution in [0.2, 0.25) is 0 Å². The molecule has 2 atom stereocenters. The molecule has 7 heteroatoms. The molecule has 1 saturated heterocycles. The van der Waals surface area contributed by atoms with Gasteiger partial charge in [0.2, 0.25) is 5.91 Å². The lowest BCUT2D eigenvalue weighted by Gasteiger charge is -2.13. The van der Waals surface area contributed by atoms with Gasteiger partial charge in [-0.15, -0.1) is 0 Å². The highest BCUT2D eigenvalue weighted by molar-refractivity contribution is 5.81. The Bertz CT molecular complexity index is 385. The van der Waals surface area contributed by atoms with Crippen molar-refractivity contribution in [2.24, 2.45) is 10.9 Å². The first-order chi connectivity index (χ1) is 12.2. The van der Waals surface area contributed by atoms with Crippen LogP contribution in [0.4, 0.5) is 0 Å². The van der Waals surface area contributed by atoms with E-state index in [1.165, 1.54) is 0 Å². The van der Waals surface area contributed by atoms with Crippen molar-refractivity contribution in [3.8, 4) is 0 Å². The molecule has 2 unspecified atom stereocenters. The van der Waals surface area contributed by atoms with Gasteiger partial charge in [0.1, 0.15) is 0 Å². The van der Waals surface area contributed by atoms with Gasteiger partial charge in [-0.25, -0.2) is 0 Å². The van der Waals surface area contributed by atoms with E-state index in [-0.39, 0.29) is 11.9 Å². The molecule has 0 saturated carbocycles. The first-order valence-electron chi connectivity index (χ1n) is 9.62. The molecule has 0 aromatic rings. The van der Waals surface area contributed by atoms with Gasteiger partial charge in [-0.1, -0.05) is 6.92 Å². The molecule has 3 N–H and O–H groups in total. The Labute approximate surface area is 152 Å². The van der Waals surface area contributed by atoms with Crippen LogP contribution in [0, 0.1) is 5.92 Å². The summed E-state index contributed by atoms with van der Waals surface area (Å²) in [6.45, 7) is 11.4. The zero-order valence-electron chi connectivity index (χ0n) is 16.1. The number of hydrogen-bond acceptors (Lipinski definition) is 4. The second kappa shape index (κ2) is 13.9. The van der Waals surface area contributed by atoms with E-state index in [0.717, 1.165) is 58.2 Å². The fourth-order valence-electron chi connectivity index (χ4n) is 2.41. The van der Waals surface area contributed by atoms with Gasteiger partial charge in [0.15, 0.2) is 5.96 Å². The van der Waals surface area contributed by atoms with Crippen molar-refractivity contribution in [1.29, 1.82) is 0 Å². The monoisotopic (exact) mass is 356 g/mol. The van der Waals surface area contributed by atoms with Gasteiger partial charge in [0, 0.05) is 51.2 Å². The van der Waals surface area contributed by atoms with Crippen molar-refractivity contribution in [2.75, 3.05) is 46.1 Å². The Morgan fingerprint density at radius 1 is 1.36 bits per heavy atom. The normalized spacial score (nSPS) is 18.8. The number of nitrogens with one attached hydrogen (secondary N) is 3. The fraction of sp³-hybridized carbons (Fsp3) is 0.889. The first kappa shape index (κ1) is 21.7. The van der Waals surface area contributed by atoms with E-state index in [2.05, 4.69) is 27.9 Å². The predicted molar refractivity (Wildman–Crippen MR) is 101 cm³/mol. The van der Waals surface area contributed by atoms with E-state index in [1.807, 2.05) is 13.8 Å². The molecule has 146 valence electrons. The summed E-state index contributed by atoms with van der Waals surface area (Å²) < 4.78 is 11.0. The highest BCUT2D eigenvalue weighted by Gasteiger charge is 2.15. The lowest BCUT2D eigenvalue weighted by Crippen LogP contribution is -2.40. The van der Waals surface area contributed by atoms with Crippen LogP contribution in [-0.4, -0.2) is 64.0 Å². The van der Waals surface area contributed by atoms with Crippen molar-refractivity contribution in [3.05, 3.63) is 0 Å². The molecule has 25 heavy (non-hydrogen) atoms. The van der Waals surface area contributed by atoms with Crippen LogP contribution in [0.15, 0.2) is 4.99 Å². The number of ether oxygens (including phenoxy) is 2. The van der Waals surface area contributed by atoms with Crippen LogP contribution in [0.3, 0.4) is 0 Å². The topological polar surface area (TPSA) is 84.0 Å². The molecule has 1 aliphatic heterocycles. The third-order valence-corrected chi connectivity index (χ3v) is 4.10. The summed E-state index contributed by atoms with van der Waals surface area (Å²) in [6.07, 6.45) is 3.39. The second-order valence-corrected chi connectivity index (χ2v) is 6.47. The standard InChI is InChI=1S/C18H36N4O3/c1-4-15(3)22-17(23)7-10-21-18(19-5-2)20-9-6-11-24-13-16-8-12-25-14-16/h15-16H,4-14H2,1-3H3,(H,22,23)(H2,19,20,21). The molecule has 0 aromatic carbocycles. The van der Waals surface area contributed by atoms with Crippen LogP contribution in [0.25, 0.3) is 0 Å². The predicted octanol–water partition coefficient (Wildman–Crippen LogP) is 1.29. The summed E-state index contributed by atoms with van der Waals surface area (Å²) >= 11 is 0. The Morgan fingerprint density at radius 3 is 2.88 bits per heavy atom. The summed E-state index contributed by atoms with van der Waals surface area (Å²) in [6, 6.07) is 0.227. The highest BCUT2D eigenvalue weighted by Crippen LogP contribution is 2.12. The molecule has 7 nitrogen and oxygen atoms in total. The number of amides is 1. The van der Waals surface area contributed by atoms with Gasteiger partial charge in [0.25, 0.3) is 0 Å². The maximum absolute atomic E-state index is 11.8. The van der Waals surface area contributed by atoms with Crippen LogP contribution >= 0.6 is 0 Å². The zero-order chi connectivity index (χ0) is 18.3. The summed E-state index contributed by atoms with van der Waals surface area (Å²) in [7, 11) is 0. The minimum absolute atomic E-state index is 0.0713. The molecule has 1 fully saturated rings. The summed E-state index contributed by atoms with van der Waals surface area (Å²) in [5.41, 5.74) is 0. The Hall–Kier alpha value is -1.34. The van der Waals surface area contributed by atoms with Crippen molar-refractivity contribution >= 4 is 11.9 Å². The number of carbonyl (C=O) groups excluding carboxylic acids is 1. The molecule has 0 radical (unpaired) electrons. The Morgan fingerprint density at radius 2 is 2.20 bits per heavy atom. The number of carbonyl (C=O) groups is 1. The van der Waals surface area contributed by atoms with Crippen molar-refractivity contribution < 1.29 is 14.3 Å². The second-order valence-electron chi connectivity index (χ2n) is 6.47. The largest absolute Gasteiger partial charge is 0.381 e. The number of guanidine groups is 1. The quantitative estimate of drug-likeness (QED) is 0.279. The first-order valence-corrected chi connectivity index (χ1v) is 9.62. The SMILES string of the molecule is CCNC(=NCCCOCC1CCOC1)NCCC(=O)NC(C)CC. The zero-order valence-corrected chi connectivity index (χ0v) is 16.1. The molecular weight excluding hydrogens is 320 g/mol. The average Bonchev–Trinajstić information content (AvgIpc) is 3.11. The molecule has 1 amide bonds. The van der Waals surface area contributed by atoms with Crippen LogP contribution in [-0.2, 0) is 14.3 Å². The van der Waals surface area contributed by atoms with E-state index in [9.17, 15) is 4.79 Å². The Kier molecular flexibility index (Phi) is 12.1.